The molecule has 0 saturated heterocycles. The normalized spacial score (nSPS) is 12.5. The summed E-state index contributed by atoms with van der Waals surface area (Å²) in [6, 6.07) is 8.86. The summed E-state index contributed by atoms with van der Waals surface area (Å²) in [6.45, 7) is 0. The zero-order chi connectivity index (χ0) is 8.27. The number of halogens is 1. The first-order valence-corrected chi connectivity index (χ1v) is 4.82. The highest BCUT2D eigenvalue weighted by Crippen LogP contribution is 2.18. The van der Waals surface area contributed by atoms with Crippen LogP contribution in [0.25, 0.3) is 0 Å². The van der Waals surface area contributed by atoms with Crippen LogP contribution < -0.4 is 2.52 Å². The molecule has 1 atom stereocenters. The number of hydrogen-bond donors (Lipinski definition) is 0. The second-order valence-electron chi connectivity index (χ2n) is 1.80. The summed E-state index contributed by atoms with van der Waals surface area (Å²) in [5.41, 5.74) is 0.654. The molecule has 0 amide bonds. The van der Waals surface area contributed by atoms with Crippen molar-refractivity contribution in [1.29, 1.82) is 0 Å². The van der Waals surface area contributed by atoms with Crippen molar-refractivity contribution in [2.75, 3.05) is 2.52 Å². The van der Waals surface area contributed by atoms with E-state index in [-0.39, 0.29) is 0 Å². The molecule has 0 heterocycles. The molecule has 1 rings (SSSR count). The molecule has 0 bridgehead atoms. The van der Waals surface area contributed by atoms with Gasteiger partial charge in [-0.15, -0.1) is 0 Å². The van der Waals surface area contributed by atoms with Gasteiger partial charge in [-0.2, -0.15) is 0 Å². The zero-order valence-electron chi connectivity index (χ0n) is 5.44. The van der Waals surface area contributed by atoms with Gasteiger partial charge in [0.1, 0.15) is 0 Å². The summed E-state index contributed by atoms with van der Waals surface area (Å²) in [6.07, 6.45) is 0. The van der Waals surface area contributed by atoms with Gasteiger partial charge in [-0.1, -0.05) is 18.2 Å². The maximum absolute atomic E-state index is 10.4. The SMILES string of the molecule is O=S([O-])N(I)c1ccccc1. The molecule has 0 N–H and O–H groups in total. The quantitative estimate of drug-likeness (QED) is 0.470. The Hall–Kier alpha value is -0.140. The smallest absolute Gasteiger partial charge is 0.0724 e. The molecule has 0 fully saturated rings. The molecule has 0 aliphatic heterocycles. The molecule has 0 aliphatic carbocycles. The Bertz CT molecular complexity index is 254. The van der Waals surface area contributed by atoms with Gasteiger partial charge in [0.05, 0.1) is 39.8 Å². The molecule has 5 heteroatoms. The molecular formula is C6H5INO2S-. The fourth-order valence-electron chi connectivity index (χ4n) is 0.631. The average Bonchev–Trinajstić information content (AvgIpc) is 2.05. The molecule has 0 aliphatic rings. The molecule has 60 valence electrons. The van der Waals surface area contributed by atoms with Gasteiger partial charge >= 0.3 is 0 Å². The molecule has 11 heavy (non-hydrogen) atoms. The summed E-state index contributed by atoms with van der Waals surface area (Å²) in [4.78, 5) is 0. The topological polar surface area (TPSA) is 43.4 Å². The van der Waals surface area contributed by atoms with E-state index >= 15 is 0 Å². The van der Waals surface area contributed by atoms with Gasteiger partial charge in [-0.05, 0) is 12.1 Å². The Morgan fingerprint density at radius 3 is 2.36 bits per heavy atom. The maximum Gasteiger partial charge on any atom is 0.0724 e. The predicted octanol–water partition coefficient (Wildman–Crippen LogP) is 1.64. The third-order valence-electron chi connectivity index (χ3n) is 1.09. The van der Waals surface area contributed by atoms with Crippen molar-refractivity contribution in [3.05, 3.63) is 30.3 Å². The Kier molecular flexibility index (Phi) is 3.28. The molecule has 1 unspecified atom stereocenters. The molecule has 1 aromatic carbocycles. The van der Waals surface area contributed by atoms with Crippen LogP contribution in [-0.2, 0) is 11.3 Å². The Morgan fingerprint density at radius 2 is 1.91 bits per heavy atom. The van der Waals surface area contributed by atoms with Gasteiger partial charge in [0.2, 0.25) is 0 Å². The number of nitrogens with zero attached hydrogens (tertiary/aromatic N) is 1. The first kappa shape index (κ1) is 8.95. The third-order valence-corrected chi connectivity index (χ3v) is 3.08. The van der Waals surface area contributed by atoms with Gasteiger partial charge < -0.3 is 4.55 Å². The Morgan fingerprint density at radius 1 is 1.36 bits per heavy atom. The van der Waals surface area contributed by atoms with Gasteiger partial charge in [-0.3, -0.25) is 4.21 Å². The summed E-state index contributed by atoms with van der Waals surface area (Å²) in [5, 5.41) is 0. The van der Waals surface area contributed by atoms with E-state index in [2.05, 4.69) is 0 Å². The number of anilines is 1. The fourth-order valence-corrected chi connectivity index (χ4v) is 1.25. The largest absolute Gasteiger partial charge is 0.754 e. The molecule has 3 nitrogen and oxygen atoms in total. The molecular weight excluding hydrogens is 277 g/mol. The second-order valence-corrected chi connectivity index (χ2v) is 4.22. The highest BCUT2D eigenvalue weighted by atomic mass is 127. The monoisotopic (exact) mass is 282 g/mol. The lowest BCUT2D eigenvalue weighted by molar-refractivity contribution is 0.540. The average molecular weight is 282 g/mol. The van der Waals surface area contributed by atoms with Crippen LogP contribution in [0.15, 0.2) is 30.3 Å². The lowest BCUT2D eigenvalue weighted by atomic mass is 10.3. The lowest BCUT2D eigenvalue weighted by Gasteiger charge is -2.17. The molecule has 0 saturated carbocycles. The Labute approximate surface area is 81.3 Å². The van der Waals surface area contributed by atoms with E-state index < -0.39 is 11.3 Å². The molecule has 0 spiro atoms. The standard InChI is InChI=1S/C6H6INO2S/c7-8(11(9)10)6-4-2-1-3-5-6/h1-5H,(H,9,10)/p-1. The van der Waals surface area contributed by atoms with E-state index in [0.29, 0.717) is 5.69 Å². The first-order valence-electron chi connectivity index (χ1n) is 2.82. The van der Waals surface area contributed by atoms with Crippen LogP contribution in [0.1, 0.15) is 0 Å². The minimum absolute atomic E-state index is 0.654. The van der Waals surface area contributed by atoms with Crippen molar-refractivity contribution in [1.82, 2.24) is 0 Å². The van der Waals surface area contributed by atoms with Crippen LogP contribution in [0.4, 0.5) is 5.69 Å². The maximum atomic E-state index is 10.4. The van der Waals surface area contributed by atoms with Crippen LogP contribution in [0, 0.1) is 0 Å². The van der Waals surface area contributed by atoms with E-state index in [1.54, 1.807) is 47.1 Å². The minimum atomic E-state index is -2.19. The van der Waals surface area contributed by atoms with Crippen molar-refractivity contribution >= 4 is 39.8 Å². The van der Waals surface area contributed by atoms with Gasteiger partial charge in [0, 0.05) is 0 Å². The number of hydrogen-bond acceptors (Lipinski definition) is 2. The number of rotatable bonds is 2. The second kappa shape index (κ2) is 4.03. The van der Waals surface area contributed by atoms with E-state index in [9.17, 15) is 8.76 Å². The van der Waals surface area contributed by atoms with Crippen LogP contribution in [0.3, 0.4) is 0 Å². The number of benzene rings is 1. The van der Waals surface area contributed by atoms with Crippen LogP contribution in [0.2, 0.25) is 0 Å². The molecule has 0 aromatic heterocycles. The third kappa shape index (κ3) is 2.42. The van der Waals surface area contributed by atoms with Crippen molar-refractivity contribution in [2.45, 2.75) is 0 Å². The van der Waals surface area contributed by atoms with Crippen LogP contribution in [0.5, 0.6) is 0 Å². The van der Waals surface area contributed by atoms with Crippen LogP contribution >= 0.6 is 22.9 Å². The van der Waals surface area contributed by atoms with Crippen LogP contribution in [-0.4, -0.2) is 8.76 Å². The summed E-state index contributed by atoms with van der Waals surface area (Å²) in [5.74, 6) is 0. The highest BCUT2D eigenvalue weighted by molar-refractivity contribution is 14.1. The van der Waals surface area contributed by atoms with Gasteiger partial charge in [0.25, 0.3) is 0 Å². The van der Waals surface area contributed by atoms with Gasteiger partial charge in [0.15, 0.2) is 0 Å². The molecule has 1 aromatic rings. The molecule has 0 radical (unpaired) electrons. The first-order chi connectivity index (χ1) is 5.22. The predicted molar refractivity (Wildman–Crippen MR) is 51.9 cm³/mol. The number of para-hydroxylation sites is 1. The van der Waals surface area contributed by atoms with Gasteiger partial charge in [-0.25, -0.2) is 2.52 Å². The van der Waals surface area contributed by atoms with Crippen molar-refractivity contribution in [3.8, 4) is 0 Å². The van der Waals surface area contributed by atoms with E-state index in [1.807, 2.05) is 6.07 Å². The summed E-state index contributed by atoms with van der Waals surface area (Å²) < 4.78 is 22.0. The lowest BCUT2D eigenvalue weighted by Crippen LogP contribution is -2.11. The van der Waals surface area contributed by atoms with Crippen molar-refractivity contribution < 1.29 is 8.76 Å². The summed E-state index contributed by atoms with van der Waals surface area (Å²) in [7, 11) is 0. The highest BCUT2D eigenvalue weighted by Gasteiger charge is 1.99. The Balaban J connectivity index is 2.85. The minimum Gasteiger partial charge on any atom is -0.754 e. The fraction of sp³-hybridized carbons (Fsp3) is 0. The van der Waals surface area contributed by atoms with Crippen molar-refractivity contribution in [3.63, 3.8) is 0 Å². The zero-order valence-corrected chi connectivity index (χ0v) is 8.41. The van der Waals surface area contributed by atoms with E-state index in [4.69, 9.17) is 0 Å². The van der Waals surface area contributed by atoms with Crippen molar-refractivity contribution in [2.24, 2.45) is 0 Å². The van der Waals surface area contributed by atoms with E-state index in [0.717, 1.165) is 2.52 Å². The van der Waals surface area contributed by atoms with E-state index in [1.165, 1.54) is 0 Å². The summed E-state index contributed by atoms with van der Waals surface area (Å²) >= 11 is -0.473.